The molecule has 0 N–H and O–H groups in total. The summed E-state index contributed by atoms with van der Waals surface area (Å²) in [6.07, 6.45) is 10.8. The van der Waals surface area contributed by atoms with E-state index in [2.05, 4.69) is 4.98 Å². The van der Waals surface area contributed by atoms with Crippen molar-refractivity contribution >= 4 is 11.9 Å². The number of urea groups is 1. The molecule has 2 aliphatic heterocycles. The summed E-state index contributed by atoms with van der Waals surface area (Å²) in [6, 6.07) is 0.0475. The quantitative estimate of drug-likeness (QED) is 0.792. The molecule has 3 aliphatic rings. The Morgan fingerprint density at radius 2 is 2.05 bits per heavy atom. The van der Waals surface area contributed by atoms with Gasteiger partial charge in [-0.1, -0.05) is 12.8 Å². The highest BCUT2D eigenvalue weighted by Gasteiger charge is 2.55. The molecule has 6 heteroatoms. The van der Waals surface area contributed by atoms with Gasteiger partial charge in [-0.15, -0.1) is 0 Å². The number of hydrogen-bond acceptors (Lipinski definition) is 3. The van der Waals surface area contributed by atoms with Crippen molar-refractivity contribution in [3.05, 3.63) is 18.7 Å². The molecule has 112 valence electrons. The van der Waals surface area contributed by atoms with Gasteiger partial charge in [0.2, 0.25) is 0 Å². The number of imide groups is 1. The number of rotatable bonds is 3. The fraction of sp³-hybridized carbons (Fsp3) is 0.667. The Kier molecular flexibility index (Phi) is 2.97. The van der Waals surface area contributed by atoms with Crippen molar-refractivity contribution in [1.82, 2.24) is 19.4 Å². The van der Waals surface area contributed by atoms with E-state index < -0.39 is 0 Å². The van der Waals surface area contributed by atoms with Gasteiger partial charge in [-0.25, -0.2) is 9.78 Å². The van der Waals surface area contributed by atoms with E-state index in [-0.39, 0.29) is 18.0 Å². The minimum atomic E-state index is -0.187. The number of aromatic nitrogens is 2. The third-order valence-electron chi connectivity index (χ3n) is 5.23. The van der Waals surface area contributed by atoms with Gasteiger partial charge in [-0.2, -0.15) is 0 Å². The molecule has 1 aromatic rings. The van der Waals surface area contributed by atoms with E-state index in [1.54, 1.807) is 12.5 Å². The van der Waals surface area contributed by atoms with Crippen molar-refractivity contribution in [2.45, 2.75) is 50.7 Å². The number of amides is 3. The molecule has 0 radical (unpaired) electrons. The fourth-order valence-corrected chi connectivity index (χ4v) is 4.21. The largest absolute Gasteiger partial charge is 0.336 e. The minimum absolute atomic E-state index is 0.00881. The number of carbonyl (C=O) groups excluding carboxylic acids is 2. The van der Waals surface area contributed by atoms with E-state index in [0.717, 1.165) is 12.8 Å². The minimum Gasteiger partial charge on any atom is -0.336 e. The fourth-order valence-electron chi connectivity index (χ4n) is 4.21. The van der Waals surface area contributed by atoms with Crippen molar-refractivity contribution in [1.29, 1.82) is 0 Å². The Morgan fingerprint density at radius 3 is 2.86 bits per heavy atom. The van der Waals surface area contributed by atoms with Gasteiger partial charge in [0, 0.05) is 31.5 Å². The summed E-state index contributed by atoms with van der Waals surface area (Å²) in [5.74, 6) is 0.557. The zero-order valence-electron chi connectivity index (χ0n) is 12.0. The molecule has 0 spiro atoms. The monoisotopic (exact) mass is 288 g/mol. The highest BCUT2D eigenvalue weighted by molar-refractivity contribution is 6.04. The molecular weight excluding hydrogens is 268 g/mol. The standard InChI is InChI=1S/C15H20N4O2/c20-14-13-9-11-3-1-2-4-12(11)19(13)15(21)18(14)8-7-17-6-5-16-10-17/h5-6,10-13H,1-4,7-9H2/t11-,12-,13+/m1/s1. The molecule has 3 fully saturated rings. The summed E-state index contributed by atoms with van der Waals surface area (Å²) in [6.45, 7) is 1.06. The molecule has 3 heterocycles. The third kappa shape index (κ3) is 1.96. The zero-order valence-corrected chi connectivity index (χ0v) is 12.0. The van der Waals surface area contributed by atoms with Crippen LogP contribution >= 0.6 is 0 Å². The lowest BCUT2D eigenvalue weighted by Crippen LogP contribution is -2.42. The summed E-state index contributed by atoms with van der Waals surface area (Å²) in [7, 11) is 0. The SMILES string of the molecule is O=C1[C@@H]2C[C@H]3CCCC[C@H]3N2C(=O)N1CCn1ccnc1. The van der Waals surface area contributed by atoms with Crippen molar-refractivity contribution in [3.8, 4) is 0 Å². The van der Waals surface area contributed by atoms with E-state index in [0.29, 0.717) is 25.0 Å². The van der Waals surface area contributed by atoms with Crippen molar-refractivity contribution in [2.75, 3.05) is 6.54 Å². The molecule has 0 unspecified atom stereocenters. The van der Waals surface area contributed by atoms with E-state index in [4.69, 9.17) is 0 Å². The van der Waals surface area contributed by atoms with Gasteiger partial charge in [-0.3, -0.25) is 9.69 Å². The molecule has 1 aromatic heterocycles. The summed E-state index contributed by atoms with van der Waals surface area (Å²) >= 11 is 0. The summed E-state index contributed by atoms with van der Waals surface area (Å²) in [4.78, 5) is 32.5. The van der Waals surface area contributed by atoms with Crippen LogP contribution in [-0.4, -0.2) is 49.9 Å². The lowest BCUT2D eigenvalue weighted by atomic mass is 9.84. The van der Waals surface area contributed by atoms with Crippen molar-refractivity contribution < 1.29 is 9.59 Å². The maximum absolute atomic E-state index is 12.6. The van der Waals surface area contributed by atoms with E-state index in [1.165, 1.54) is 24.2 Å². The second kappa shape index (κ2) is 4.86. The van der Waals surface area contributed by atoms with Crippen LogP contribution in [0.2, 0.25) is 0 Å². The zero-order chi connectivity index (χ0) is 14.4. The Bertz CT molecular complexity index is 556. The highest BCUT2D eigenvalue weighted by Crippen LogP contribution is 2.43. The number of nitrogens with zero attached hydrogens (tertiary/aromatic N) is 4. The molecular formula is C15H20N4O2. The first-order valence-electron chi connectivity index (χ1n) is 7.85. The number of imidazole rings is 1. The second-order valence-corrected chi connectivity index (χ2v) is 6.34. The van der Waals surface area contributed by atoms with Crippen molar-refractivity contribution in [3.63, 3.8) is 0 Å². The topological polar surface area (TPSA) is 58.4 Å². The van der Waals surface area contributed by atoms with Crippen LogP contribution in [0.1, 0.15) is 32.1 Å². The molecule has 21 heavy (non-hydrogen) atoms. The maximum Gasteiger partial charge on any atom is 0.327 e. The van der Waals surface area contributed by atoms with Crippen LogP contribution < -0.4 is 0 Å². The molecule has 2 saturated heterocycles. The van der Waals surface area contributed by atoms with Crippen LogP contribution in [0, 0.1) is 5.92 Å². The molecule has 1 saturated carbocycles. The first-order chi connectivity index (χ1) is 10.3. The number of fused-ring (bicyclic) bond motifs is 3. The van der Waals surface area contributed by atoms with E-state index >= 15 is 0 Å². The number of hydrogen-bond donors (Lipinski definition) is 0. The molecule has 3 atom stereocenters. The first kappa shape index (κ1) is 12.9. The van der Waals surface area contributed by atoms with Crippen molar-refractivity contribution in [2.24, 2.45) is 5.92 Å². The predicted octanol–water partition coefficient (Wildman–Crippen LogP) is 1.48. The lowest BCUT2D eigenvalue weighted by molar-refractivity contribution is -0.128. The maximum atomic E-state index is 12.6. The van der Waals surface area contributed by atoms with Gasteiger partial charge in [0.1, 0.15) is 6.04 Å². The molecule has 0 aromatic carbocycles. The molecule has 3 amide bonds. The lowest BCUT2D eigenvalue weighted by Gasteiger charge is -2.31. The Hall–Kier alpha value is -1.85. The summed E-state index contributed by atoms with van der Waals surface area (Å²) < 4.78 is 1.90. The molecule has 4 rings (SSSR count). The second-order valence-electron chi connectivity index (χ2n) is 6.34. The van der Waals surface area contributed by atoms with Gasteiger partial charge < -0.3 is 9.47 Å². The molecule has 6 nitrogen and oxygen atoms in total. The van der Waals surface area contributed by atoms with Gasteiger partial charge in [0.25, 0.3) is 5.91 Å². The van der Waals surface area contributed by atoms with Gasteiger partial charge in [0.15, 0.2) is 0 Å². The highest BCUT2D eigenvalue weighted by atomic mass is 16.2. The van der Waals surface area contributed by atoms with Crippen LogP contribution in [-0.2, 0) is 11.3 Å². The third-order valence-corrected chi connectivity index (χ3v) is 5.23. The van der Waals surface area contributed by atoms with Crippen LogP contribution in [0.15, 0.2) is 18.7 Å². The Labute approximate surface area is 123 Å². The summed E-state index contributed by atoms with van der Waals surface area (Å²) in [5, 5.41) is 0. The number of carbonyl (C=O) groups is 2. The van der Waals surface area contributed by atoms with Gasteiger partial charge in [-0.05, 0) is 25.2 Å². The Balaban J connectivity index is 1.49. The van der Waals surface area contributed by atoms with Crippen LogP contribution in [0.4, 0.5) is 4.79 Å². The average molecular weight is 288 g/mol. The first-order valence-corrected chi connectivity index (χ1v) is 7.85. The smallest absolute Gasteiger partial charge is 0.327 e. The van der Waals surface area contributed by atoms with Crippen LogP contribution in [0.5, 0.6) is 0 Å². The van der Waals surface area contributed by atoms with E-state index in [9.17, 15) is 9.59 Å². The normalized spacial score (nSPS) is 31.7. The Morgan fingerprint density at radius 1 is 1.19 bits per heavy atom. The van der Waals surface area contributed by atoms with Crippen LogP contribution in [0.25, 0.3) is 0 Å². The predicted molar refractivity (Wildman–Crippen MR) is 75.3 cm³/mol. The van der Waals surface area contributed by atoms with Gasteiger partial charge in [0.05, 0.1) is 6.33 Å². The summed E-state index contributed by atoms with van der Waals surface area (Å²) in [5.41, 5.74) is 0. The average Bonchev–Trinajstić information content (AvgIpc) is 3.17. The molecule has 1 aliphatic carbocycles. The van der Waals surface area contributed by atoms with E-state index in [1.807, 2.05) is 15.7 Å². The molecule has 0 bridgehead atoms. The van der Waals surface area contributed by atoms with Crippen LogP contribution in [0.3, 0.4) is 0 Å². The van der Waals surface area contributed by atoms with Gasteiger partial charge >= 0.3 is 6.03 Å².